The molecular formula is C27H28ClN7O3S. The lowest BCUT2D eigenvalue weighted by molar-refractivity contribution is -0.127. The summed E-state index contributed by atoms with van der Waals surface area (Å²) in [5.74, 6) is 0.567. The van der Waals surface area contributed by atoms with Crippen molar-refractivity contribution in [2.45, 2.75) is 38.4 Å². The van der Waals surface area contributed by atoms with Crippen molar-refractivity contribution in [2.75, 3.05) is 11.9 Å². The Morgan fingerprint density at radius 1 is 1.21 bits per heavy atom. The Balaban J connectivity index is 1.36. The molecule has 0 fully saturated rings. The first-order valence-electron chi connectivity index (χ1n) is 12.3. The predicted molar refractivity (Wildman–Crippen MR) is 150 cm³/mol. The second-order valence-corrected chi connectivity index (χ2v) is 11.3. The number of hydrogen-bond acceptors (Lipinski definition) is 8. The van der Waals surface area contributed by atoms with E-state index in [0.717, 1.165) is 15.6 Å². The highest BCUT2D eigenvalue weighted by molar-refractivity contribution is 7.16. The molecule has 4 heterocycles. The molecule has 0 saturated heterocycles. The quantitative estimate of drug-likeness (QED) is 0.291. The zero-order chi connectivity index (χ0) is 27.9. The van der Waals surface area contributed by atoms with Crippen molar-refractivity contribution in [3.8, 4) is 10.6 Å². The number of aryl methyl sites for hydroxylation is 1. The van der Waals surface area contributed by atoms with Crippen molar-refractivity contribution in [3.05, 3.63) is 75.9 Å². The van der Waals surface area contributed by atoms with Gasteiger partial charge in [-0.15, -0.1) is 11.3 Å². The van der Waals surface area contributed by atoms with Gasteiger partial charge in [0.2, 0.25) is 11.9 Å². The number of amides is 2. The second kappa shape index (κ2) is 10.4. The van der Waals surface area contributed by atoms with E-state index in [4.69, 9.17) is 11.6 Å². The van der Waals surface area contributed by atoms with E-state index in [-0.39, 0.29) is 18.4 Å². The molecule has 2 unspecified atom stereocenters. The average molecular weight is 566 g/mol. The fourth-order valence-corrected chi connectivity index (χ4v) is 6.24. The number of fused-ring (bicyclic) bond motifs is 1. The van der Waals surface area contributed by atoms with E-state index in [1.807, 2.05) is 33.0 Å². The highest BCUT2D eigenvalue weighted by Gasteiger charge is 2.48. The summed E-state index contributed by atoms with van der Waals surface area (Å²) in [4.78, 5) is 39.1. The number of aromatic nitrogens is 4. The zero-order valence-electron chi connectivity index (χ0n) is 21.8. The standard InChI is InChI=1S/C27H28ClN7O3S/c1-15(24(37)31-20(14-36)16-6-5-7-17(28)12-16)35-25(38)18-13-21(39-23(18)27(35,2)3)19-8-10-29-26(32-19)33-22-9-11-30-34(22)4/h5-13,15,20,36H,14H2,1-4H3,(H,31,37)(H,29,32,33). The van der Waals surface area contributed by atoms with E-state index in [0.29, 0.717) is 27.8 Å². The molecule has 0 saturated carbocycles. The Kier molecular flexibility index (Phi) is 7.15. The summed E-state index contributed by atoms with van der Waals surface area (Å²) >= 11 is 7.56. The fourth-order valence-electron chi connectivity index (χ4n) is 4.82. The van der Waals surface area contributed by atoms with Crippen LogP contribution in [0, 0.1) is 0 Å². The minimum absolute atomic E-state index is 0.231. The van der Waals surface area contributed by atoms with Gasteiger partial charge in [-0.1, -0.05) is 23.7 Å². The number of carbonyl (C=O) groups excluding carboxylic acids is 2. The average Bonchev–Trinajstić information content (AvgIpc) is 3.58. The Bertz CT molecular complexity index is 1550. The molecule has 3 aromatic heterocycles. The Labute approximate surface area is 234 Å². The number of rotatable bonds is 8. The lowest BCUT2D eigenvalue weighted by atomic mass is 10.0. The smallest absolute Gasteiger partial charge is 0.256 e. The van der Waals surface area contributed by atoms with Crippen molar-refractivity contribution in [3.63, 3.8) is 0 Å². The summed E-state index contributed by atoms with van der Waals surface area (Å²) in [5.41, 5.74) is 1.18. The molecule has 0 bridgehead atoms. The van der Waals surface area contributed by atoms with Crippen LogP contribution in [0.1, 0.15) is 47.6 Å². The number of aliphatic hydroxyl groups excluding tert-OH is 1. The number of carbonyl (C=O) groups is 2. The Hall–Kier alpha value is -3.80. The molecule has 2 atom stereocenters. The van der Waals surface area contributed by atoms with Gasteiger partial charge in [0.25, 0.3) is 5.91 Å². The molecule has 1 aliphatic heterocycles. The summed E-state index contributed by atoms with van der Waals surface area (Å²) in [6, 6.07) is 11.0. The summed E-state index contributed by atoms with van der Waals surface area (Å²) in [5, 5.41) is 20.6. The first-order chi connectivity index (χ1) is 18.6. The number of aliphatic hydroxyl groups is 1. The lowest BCUT2D eigenvalue weighted by Gasteiger charge is -2.36. The van der Waals surface area contributed by atoms with Crippen molar-refractivity contribution >= 4 is 46.5 Å². The minimum atomic E-state index is -0.780. The molecule has 0 radical (unpaired) electrons. The fraction of sp³-hybridized carbons (Fsp3) is 0.296. The van der Waals surface area contributed by atoms with Gasteiger partial charge >= 0.3 is 0 Å². The first kappa shape index (κ1) is 26.8. The van der Waals surface area contributed by atoms with Crippen molar-refractivity contribution in [1.29, 1.82) is 0 Å². The molecule has 3 N–H and O–H groups in total. The number of thiophene rings is 1. The molecule has 2 amide bonds. The highest BCUT2D eigenvalue weighted by atomic mass is 35.5. The van der Waals surface area contributed by atoms with Crippen molar-refractivity contribution < 1.29 is 14.7 Å². The van der Waals surface area contributed by atoms with E-state index < -0.39 is 17.6 Å². The third-order valence-corrected chi connectivity index (χ3v) is 8.53. The number of benzene rings is 1. The molecule has 5 rings (SSSR count). The van der Waals surface area contributed by atoms with Crippen LogP contribution in [-0.2, 0) is 17.4 Å². The molecule has 202 valence electrons. The third-order valence-electron chi connectivity index (χ3n) is 6.82. The van der Waals surface area contributed by atoms with Gasteiger partial charge < -0.3 is 20.6 Å². The van der Waals surface area contributed by atoms with E-state index in [1.54, 1.807) is 59.2 Å². The van der Waals surface area contributed by atoms with Gasteiger partial charge in [0, 0.05) is 29.2 Å². The van der Waals surface area contributed by atoms with Gasteiger partial charge in [-0.2, -0.15) is 5.10 Å². The zero-order valence-corrected chi connectivity index (χ0v) is 23.4. The van der Waals surface area contributed by atoms with Gasteiger partial charge in [0.1, 0.15) is 11.9 Å². The van der Waals surface area contributed by atoms with E-state index in [2.05, 4.69) is 25.7 Å². The van der Waals surface area contributed by atoms with Crippen LogP contribution in [0.4, 0.5) is 11.8 Å². The molecular weight excluding hydrogens is 538 g/mol. The Morgan fingerprint density at radius 3 is 2.67 bits per heavy atom. The number of hydrogen-bond donors (Lipinski definition) is 3. The van der Waals surface area contributed by atoms with Crippen LogP contribution in [0.3, 0.4) is 0 Å². The molecule has 10 nitrogen and oxygen atoms in total. The van der Waals surface area contributed by atoms with Gasteiger partial charge in [0.05, 0.1) is 40.5 Å². The maximum Gasteiger partial charge on any atom is 0.256 e. The van der Waals surface area contributed by atoms with Gasteiger partial charge in [-0.25, -0.2) is 9.97 Å². The molecule has 4 aromatic rings. The van der Waals surface area contributed by atoms with Crippen LogP contribution < -0.4 is 10.6 Å². The van der Waals surface area contributed by atoms with Gasteiger partial charge in [0.15, 0.2) is 0 Å². The lowest BCUT2D eigenvalue weighted by Crippen LogP contribution is -2.52. The molecule has 1 aliphatic rings. The monoisotopic (exact) mass is 565 g/mol. The number of nitrogens with zero attached hydrogens (tertiary/aromatic N) is 5. The van der Waals surface area contributed by atoms with Gasteiger partial charge in [-0.3, -0.25) is 14.3 Å². The van der Waals surface area contributed by atoms with E-state index >= 15 is 0 Å². The van der Waals surface area contributed by atoms with Crippen LogP contribution in [-0.4, -0.2) is 54.2 Å². The maximum absolute atomic E-state index is 13.6. The SMILES string of the molecule is CC(C(=O)NC(CO)c1cccc(Cl)c1)N1C(=O)c2cc(-c3ccnc(Nc4ccnn4C)n3)sc2C1(C)C. The van der Waals surface area contributed by atoms with Crippen LogP contribution in [0.25, 0.3) is 10.6 Å². The van der Waals surface area contributed by atoms with Crippen molar-refractivity contribution in [2.24, 2.45) is 7.05 Å². The second-order valence-electron chi connectivity index (χ2n) is 9.79. The maximum atomic E-state index is 13.6. The van der Waals surface area contributed by atoms with Crippen molar-refractivity contribution in [1.82, 2.24) is 30.0 Å². The minimum Gasteiger partial charge on any atom is -0.394 e. The van der Waals surface area contributed by atoms with Crippen LogP contribution >= 0.6 is 22.9 Å². The first-order valence-corrected chi connectivity index (χ1v) is 13.5. The normalized spacial score (nSPS) is 15.6. The predicted octanol–water partition coefficient (Wildman–Crippen LogP) is 4.26. The molecule has 0 aliphatic carbocycles. The largest absolute Gasteiger partial charge is 0.394 e. The highest BCUT2D eigenvalue weighted by Crippen LogP contribution is 2.47. The summed E-state index contributed by atoms with van der Waals surface area (Å²) in [6.07, 6.45) is 3.34. The summed E-state index contributed by atoms with van der Waals surface area (Å²) in [6.45, 7) is 5.25. The summed E-state index contributed by atoms with van der Waals surface area (Å²) in [7, 11) is 1.82. The molecule has 39 heavy (non-hydrogen) atoms. The topological polar surface area (TPSA) is 125 Å². The molecule has 1 aromatic carbocycles. The van der Waals surface area contributed by atoms with Crippen LogP contribution in [0.5, 0.6) is 0 Å². The number of anilines is 2. The van der Waals surface area contributed by atoms with Crippen LogP contribution in [0.15, 0.2) is 54.9 Å². The van der Waals surface area contributed by atoms with E-state index in [9.17, 15) is 14.7 Å². The Morgan fingerprint density at radius 2 is 2.00 bits per heavy atom. The summed E-state index contributed by atoms with van der Waals surface area (Å²) < 4.78 is 1.68. The molecule has 12 heteroatoms. The number of halogens is 1. The third kappa shape index (κ3) is 5.00. The van der Waals surface area contributed by atoms with Crippen LogP contribution in [0.2, 0.25) is 5.02 Å². The molecule has 0 spiro atoms. The number of nitrogens with one attached hydrogen (secondary N) is 2. The van der Waals surface area contributed by atoms with E-state index in [1.165, 1.54) is 11.3 Å². The van der Waals surface area contributed by atoms with Gasteiger partial charge in [-0.05, 0) is 50.6 Å².